The maximum absolute atomic E-state index is 12.5. The van der Waals surface area contributed by atoms with Crippen molar-refractivity contribution in [1.29, 1.82) is 0 Å². The molecule has 1 aliphatic rings. The highest BCUT2D eigenvalue weighted by Crippen LogP contribution is 2.32. The molecule has 1 aromatic rings. The molecule has 126 valence electrons. The summed E-state index contributed by atoms with van der Waals surface area (Å²) in [6, 6.07) is 6.21. The third kappa shape index (κ3) is 3.92. The minimum absolute atomic E-state index is 0.0151. The van der Waals surface area contributed by atoms with E-state index in [-0.39, 0.29) is 17.7 Å². The van der Waals surface area contributed by atoms with Crippen molar-refractivity contribution in [2.24, 2.45) is 5.92 Å². The fraction of sp³-hybridized carbons (Fsp3) is 0.579. The minimum atomic E-state index is -0.228. The van der Waals surface area contributed by atoms with Gasteiger partial charge < -0.3 is 10.2 Å². The van der Waals surface area contributed by atoms with Crippen LogP contribution in [0.5, 0.6) is 0 Å². The molecule has 1 saturated heterocycles. The van der Waals surface area contributed by atoms with E-state index in [2.05, 4.69) is 44.3 Å². The van der Waals surface area contributed by atoms with Crippen LogP contribution in [-0.2, 0) is 22.4 Å². The average molecular weight is 316 g/mol. The summed E-state index contributed by atoms with van der Waals surface area (Å²) < 4.78 is 0. The molecule has 0 aromatic heterocycles. The summed E-state index contributed by atoms with van der Waals surface area (Å²) in [5.41, 5.74) is 3.40. The topological polar surface area (TPSA) is 49.4 Å². The SMILES string of the molecule is CCCCNC(=O)C1CC(=O)N(c2c(CC)cccc2CC)C1. The summed E-state index contributed by atoms with van der Waals surface area (Å²) in [5.74, 6) is -0.147. The van der Waals surface area contributed by atoms with Crippen LogP contribution in [0, 0.1) is 5.92 Å². The summed E-state index contributed by atoms with van der Waals surface area (Å²) in [7, 11) is 0. The van der Waals surface area contributed by atoms with Gasteiger partial charge in [-0.25, -0.2) is 0 Å². The number of hydrogen-bond acceptors (Lipinski definition) is 2. The van der Waals surface area contributed by atoms with E-state index in [0.717, 1.165) is 31.4 Å². The van der Waals surface area contributed by atoms with Gasteiger partial charge in [0, 0.05) is 25.2 Å². The summed E-state index contributed by atoms with van der Waals surface area (Å²) in [6.07, 6.45) is 4.13. The van der Waals surface area contributed by atoms with E-state index in [1.807, 2.05) is 4.90 Å². The second-order valence-corrected chi connectivity index (χ2v) is 6.18. The van der Waals surface area contributed by atoms with Crippen LogP contribution in [0.25, 0.3) is 0 Å². The summed E-state index contributed by atoms with van der Waals surface area (Å²) in [4.78, 5) is 26.6. The van der Waals surface area contributed by atoms with Crippen LogP contribution < -0.4 is 10.2 Å². The zero-order valence-electron chi connectivity index (χ0n) is 14.5. The molecule has 2 amide bonds. The number of nitrogens with zero attached hydrogens (tertiary/aromatic N) is 1. The number of hydrogen-bond donors (Lipinski definition) is 1. The lowest BCUT2D eigenvalue weighted by Crippen LogP contribution is -2.34. The van der Waals surface area contributed by atoms with Crippen molar-refractivity contribution < 1.29 is 9.59 Å². The average Bonchev–Trinajstić information content (AvgIpc) is 2.95. The molecule has 1 atom stereocenters. The highest BCUT2D eigenvalue weighted by molar-refractivity contribution is 6.01. The molecule has 0 radical (unpaired) electrons. The first-order valence-electron chi connectivity index (χ1n) is 8.81. The third-order valence-electron chi connectivity index (χ3n) is 4.56. The van der Waals surface area contributed by atoms with Crippen LogP contribution in [0.4, 0.5) is 5.69 Å². The number of rotatable bonds is 7. The fourth-order valence-electron chi connectivity index (χ4n) is 3.19. The number of amides is 2. The molecule has 1 fully saturated rings. The quantitative estimate of drug-likeness (QED) is 0.786. The van der Waals surface area contributed by atoms with Gasteiger partial charge >= 0.3 is 0 Å². The van der Waals surface area contributed by atoms with Crippen LogP contribution in [0.1, 0.15) is 51.2 Å². The Morgan fingerprint density at radius 3 is 2.43 bits per heavy atom. The number of anilines is 1. The van der Waals surface area contributed by atoms with Gasteiger partial charge in [0.1, 0.15) is 0 Å². The predicted octanol–water partition coefficient (Wildman–Crippen LogP) is 3.08. The third-order valence-corrected chi connectivity index (χ3v) is 4.56. The van der Waals surface area contributed by atoms with Crippen molar-refractivity contribution in [2.75, 3.05) is 18.0 Å². The van der Waals surface area contributed by atoms with E-state index < -0.39 is 0 Å². The van der Waals surface area contributed by atoms with Gasteiger partial charge in [0.15, 0.2) is 0 Å². The van der Waals surface area contributed by atoms with Crippen molar-refractivity contribution >= 4 is 17.5 Å². The van der Waals surface area contributed by atoms with Gasteiger partial charge in [0.05, 0.1) is 5.92 Å². The van der Waals surface area contributed by atoms with E-state index in [1.165, 1.54) is 11.1 Å². The largest absolute Gasteiger partial charge is 0.356 e. The Kier molecular flexibility index (Phi) is 6.20. The smallest absolute Gasteiger partial charge is 0.227 e. The monoisotopic (exact) mass is 316 g/mol. The predicted molar refractivity (Wildman–Crippen MR) is 93.6 cm³/mol. The first-order valence-corrected chi connectivity index (χ1v) is 8.81. The number of nitrogens with one attached hydrogen (secondary N) is 1. The molecule has 0 aliphatic carbocycles. The number of carbonyl (C=O) groups is 2. The highest BCUT2D eigenvalue weighted by Gasteiger charge is 2.36. The van der Waals surface area contributed by atoms with Gasteiger partial charge in [-0.15, -0.1) is 0 Å². The molecule has 0 spiro atoms. The molecule has 2 rings (SSSR count). The maximum atomic E-state index is 12.5. The van der Waals surface area contributed by atoms with Crippen molar-refractivity contribution in [2.45, 2.75) is 52.9 Å². The van der Waals surface area contributed by atoms with Gasteiger partial charge in [-0.1, -0.05) is 45.4 Å². The maximum Gasteiger partial charge on any atom is 0.227 e. The first-order chi connectivity index (χ1) is 11.1. The number of aryl methyl sites for hydroxylation is 2. The molecule has 4 heteroatoms. The van der Waals surface area contributed by atoms with Crippen LogP contribution in [0.2, 0.25) is 0 Å². The first kappa shape index (κ1) is 17.5. The molecule has 23 heavy (non-hydrogen) atoms. The molecule has 1 heterocycles. The number of benzene rings is 1. The highest BCUT2D eigenvalue weighted by atomic mass is 16.2. The van der Waals surface area contributed by atoms with Gasteiger partial charge in [0.2, 0.25) is 11.8 Å². The van der Waals surface area contributed by atoms with Gasteiger partial charge in [-0.2, -0.15) is 0 Å². The van der Waals surface area contributed by atoms with Crippen LogP contribution in [0.15, 0.2) is 18.2 Å². The Hall–Kier alpha value is -1.84. The molecule has 0 saturated carbocycles. The van der Waals surface area contributed by atoms with Crippen molar-refractivity contribution in [3.63, 3.8) is 0 Å². The number of carbonyl (C=O) groups excluding carboxylic acids is 2. The van der Waals surface area contributed by atoms with E-state index in [9.17, 15) is 9.59 Å². The Morgan fingerprint density at radius 2 is 1.87 bits per heavy atom. The molecular formula is C19H28N2O2. The van der Waals surface area contributed by atoms with Crippen LogP contribution >= 0.6 is 0 Å². The zero-order chi connectivity index (χ0) is 16.8. The Morgan fingerprint density at radius 1 is 1.22 bits per heavy atom. The lowest BCUT2D eigenvalue weighted by molar-refractivity contribution is -0.126. The normalized spacial score (nSPS) is 17.6. The van der Waals surface area contributed by atoms with Crippen molar-refractivity contribution in [1.82, 2.24) is 5.32 Å². The van der Waals surface area contributed by atoms with Gasteiger partial charge in [-0.05, 0) is 30.4 Å². The molecule has 1 unspecified atom stereocenters. The van der Waals surface area contributed by atoms with E-state index >= 15 is 0 Å². The standard InChI is InChI=1S/C19H28N2O2/c1-4-7-11-20-19(23)16-12-17(22)21(13-16)18-14(5-2)9-8-10-15(18)6-3/h8-10,16H,4-7,11-13H2,1-3H3,(H,20,23). The van der Waals surface area contributed by atoms with E-state index in [4.69, 9.17) is 0 Å². The molecular weight excluding hydrogens is 288 g/mol. The Bertz CT molecular complexity index is 546. The molecule has 4 nitrogen and oxygen atoms in total. The Labute approximate surface area is 139 Å². The lowest BCUT2D eigenvalue weighted by atomic mass is 10.0. The van der Waals surface area contributed by atoms with Gasteiger partial charge in [-0.3, -0.25) is 9.59 Å². The second-order valence-electron chi connectivity index (χ2n) is 6.18. The van der Waals surface area contributed by atoms with Crippen molar-refractivity contribution in [3.05, 3.63) is 29.3 Å². The lowest BCUT2D eigenvalue weighted by Gasteiger charge is -2.23. The summed E-state index contributed by atoms with van der Waals surface area (Å²) in [5, 5.41) is 2.96. The minimum Gasteiger partial charge on any atom is -0.356 e. The Balaban J connectivity index is 2.16. The molecule has 1 aliphatic heterocycles. The number of para-hydroxylation sites is 1. The molecule has 1 aromatic carbocycles. The molecule has 1 N–H and O–H groups in total. The van der Waals surface area contributed by atoms with Gasteiger partial charge in [0.25, 0.3) is 0 Å². The van der Waals surface area contributed by atoms with E-state index in [0.29, 0.717) is 19.5 Å². The fourth-order valence-corrected chi connectivity index (χ4v) is 3.19. The van der Waals surface area contributed by atoms with Crippen LogP contribution in [-0.4, -0.2) is 24.9 Å². The van der Waals surface area contributed by atoms with Crippen molar-refractivity contribution in [3.8, 4) is 0 Å². The number of unbranched alkanes of at least 4 members (excludes halogenated alkanes) is 1. The summed E-state index contributed by atoms with van der Waals surface area (Å²) >= 11 is 0. The van der Waals surface area contributed by atoms with Crippen LogP contribution in [0.3, 0.4) is 0 Å². The zero-order valence-corrected chi connectivity index (χ0v) is 14.5. The molecule has 0 bridgehead atoms. The summed E-state index contributed by atoms with van der Waals surface area (Å²) in [6.45, 7) is 7.51. The second kappa shape index (κ2) is 8.14. The van der Waals surface area contributed by atoms with E-state index in [1.54, 1.807) is 0 Å².